The molecule has 0 fully saturated rings. The first kappa shape index (κ1) is 11.9. The molecule has 0 aliphatic rings. The van der Waals surface area contributed by atoms with Crippen molar-refractivity contribution in [3.8, 4) is 0 Å². The molecule has 0 aliphatic carbocycles. The Hall–Kier alpha value is -1.62. The predicted octanol–water partition coefficient (Wildman–Crippen LogP) is 2.60. The Labute approximate surface area is 105 Å². The predicted molar refractivity (Wildman–Crippen MR) is 70.0 cm³/mol. The molecule has 0 saturated carbocycles. The number of nitrogens with one attached hydrogen (secondary N) is 1. The van der Waals surface area contributed by atoms with Crippen molar-refractivity contribution in [3.05, 3.63) is 42.5 Å². The Morgan fingerprint density at radius 2 is 2.18 bits per heavy atom. The first-order chi connectivity index (χ1) is 8.38. The highest BCUT2D eigenvalue weighted by Gasteiger charge is 1.99. The van der Waals surface area contributed by atoms with Crippen LogP contribution in [0, 0.1) is 0 Å². The summed E-state index contributed by atoms with van der Waals surface area (Å²) in [5, 5.41) is 4.19. The molecule has 5 heteroatoms. The van der Waals surface area contributed by atoms with E-state index in [1.165, 1.54) is 5.56 Å². The Kier molecular flexibility index (Phi) is 4.32. The van der Waals surface area contributed by atoms with E-state index >= 15 is 0 Å². The van der Waals surface area contributed by atoms with E-state index in [0.717, 1.165) is 23.1 Å². The van der Waals surface area contributed by atoms with Crippen molar-refractivity contribution in [1.29, 1.82) is 0 Å². The van der Waals surface area contributed by atoms with Crippen LogP contribution in [0.3, 0.4) is 0 Å². The van der Waals surface area contributed by atoms with E-state index in [0.29, 0.717) is 0 Å². The molecule has 0 bridgehead atoms. The lowest BCUT2D eigenvalue weighted by Crippen LogP contribution is -1.99. The van der Waals surface area contributed by atoms with E-state index in [1.54, 1.807) is 24.3 Å². The zero-order chi connectivity index (χ0) is 11.9. The molecule has 4 nitrogen and oxygen atoms in total. The van der Waals surface area contributed by atoms with Gasteiger partial charge in [-0.05, 0) is 30.7 Å². The minimum Gasteiger partial charge on any atom is -0.370 e. The third-order valence-electron chi connectivity index (χ3n) is 2.12. The molecule has 1 N–H and O–H groups in total. The number of anilines is 1. The summed E-state index contributed by atoms with van der Waals surface area (Å²) in [5.41, 5.74) is 1.24. The average molecular weight is 246 g/mol. The van der Waals surface area contributed by atoms with Gasteiger partial charge in [0.1, 0.15) is 12.1 Å². The second kappa shape index (κ2) is 6.20. The highest BCUT2D eigenvalue weighted by atomic mass is 32.2. The standard InChI is InChI=1S/C12H14N4S/c1-2-14-11-7-10(3-6-15-11)8-17-12-4-5-13-9-16-12/h3-7,9H,2,8H2,1H3,(H,14,15). The summed E-state index contributed by atoms with van der Waals surface area (Å²) < 4.78 is 0. The van der Waals surface area contributed by atoms with Gasteiger partial charge in [0.15, 0.2) is 0 Å². The second-order valence-electron chi connectivity index (χ2n) is 3.42. The molecule has 2 aromatic rings. The van der Waals surface area contributed by atoms with Gasteiger partial charge >= 0.3 is 0 Å². The largest absolute Gasteiger partial charge is 0.370 e. The van der Waals surface area contributed by atoms with Crippen LogP contribution in [0.5, 0.6) is 0 Å². The van der Waals surface area contributed by atoms with Crippen LogP contribution in [0.15, 0.2) is 41.9 Å². The Balaban J connectivity index is 1.97. The number of hydrogen-bond donors (Lipinski definition) is 1. The Morgan fingerprint density at radius 1 is 1.24 bits per heavy atom. The van der Waals surface area contributed by atoms with Gasteiger partial charge < -0.3 is 5.32 Å². The summed E-state index contributed by atoms with van der Waals surface area (Å²) in [6.45, 7) is 2.94. The number of pyridine rings is 1. The number of nitrogens with zero attached hydrogens (tertiary/aromatic N) is 3. The van der Waals surface area contributed by atoms with Crippen LogP contribution in [-0.4, -0.2) is 21.5 Å². The molecule has 17 heavy (non-hydrogen) atoms. The van der Waals surface area contributed by atoms with Crippen molar-refractivity contribution < 1.29 is 0 Å². The summed E-state index contributed by atoms with van der Waals surface area (Å²) in [4.78, 5) is 12.3. The second-order valence-corrected chi connectivity index (χ2v) is 4.41. The summed E-state index contributed by atoms with van der Waals surface area (Å²) in [6.07, 6.45) is 5.15. The third kappa shape index (κ3) is 3.71. The van der Waals surface area contributed by atoms with Crippen molar-refractivity contribution in [3.63, 3.8) is 0 Å². The van der Waals surface area contributed by atoms with Gasteiger partial charge in [-0.15, -0.1) is 11.8 Å². The van der Waals surface area contributed by atoms with Crippen LogP contribution in [0.1, 0.15) is 12.5 Å². The molecule has 0 unspecified atom stereocenters. The van der Waals surface area contributed by atoms with Gasteiger partial charge in [-0.25, -0.2) is 15.0 Å². The number of thioether (sulfide) groups is 1. The topological polar surface area (TPSA) is 50.7 Å². The number of hydrogen-bond acceptors (Lipinski definition) is 5. The highest BCUT2D eigenvalue weighted by Crippen LogP contribution is 2.20. The summed E-state index contributed by atoms with van der Waals surface area (Å²) in [7, 11) is 0. The van der Waals surface area contributed by atoms with E-state index in [1.807, 2.05) is 18.3 Å². The summed E-state index contributed by atoms with van der Waals surface area (Å²) in [6, 6.07) is 6.00. The zero-order valence-corrected chi connectivity index (χ0v) is 10.4. The van der Waals surface area contributed by atoms with Gasteiger partial charge in [-0.3, -0.25) is 0 Å². The average Bonchev–Trinajstić information content (AvgIpc) is 2.39. The molecule has 88 valence electrons. The number of rotatable bonds is 5. The van der Waals surface area contributed by atoms with Gasteiger partial charge in [0.05, 0.1) is 5.03 Å². The minimum atomic E-state index is 0.884. The maximum atomic E-state index is 4.24. The molecule has 0 spiro atoms. The smallest absolute Gasteiger partial charge is 0.126 e. The van der Waals surface area contributed by atoms with E-state index < -0.39 is 0 Å². The van der Waals surface area contributed by atoms with E-state index in [9.17, 15) is 0 Å². The maximum Gasteiger partial charge on any atom is 0.126 e. The van der Waals surface area contributed by atoms with Crippen molar-refractivity contribution in [2.24, 2.45) is 0 Å². The van der Waals surface area contributed by atoms with Crippen molar-refractivity contribution in [2.75, 3.05) is 11.9 Å². The van der Waals surface area contributed by atoms with Gasteiger partial charge in [0.25, 0.3) is 0 Å². The van der Waals surface area contributed by atoms with Crippen molar-refractivity contribution in [1.82, 2.24) is 15.0 Å². The Bertz CT molecular complexity index is 461. The SMILES string of the molecule is CCNc1cc(CSc2ccncn2)ccn1. The lowest BCUT2D eigenvalue weighted by atomic mass is 10.3. The molecule has 2 aromatic heterocycles. The fraction of sp³-hybridized carbons (Fsp3) is 0.250. The maximum absolute atomic E-state index is 4.24. The molecule has 2 rings (SSSR count). The van der Waals surface area contributed by atoms with Gasteiger partial charge in [-0.1, -0.05) is 0 Å². The highest BCUT2D eigenvalue weighted by molar-refractivity contribution is 7.98. The minimum absolute atomic E-state index is 0.884. The first-order valence-corrected chi connectivity index (χ1v) is 6.44. The number of aromatic nitrogens is 3. The van der Waals surface area contributed by atoms with Crippen LogP contribution >= 0.6 is 11.8 Å². The van der Waals surface area contributed by atoms with E-state index in [2.05, 4.69) is 33.3 Å². The zero-order valence-electron chi connectivity index (χ0n) is 9.63. The van der Waals surface area contributed by atoms with E-state index in [4.69, 9.17) is 0 Å². The molecule has 0 radical (unpaired) electrons. The molecule has 2 heterocycles. The summed E-state index contributed by atoms with van der Waals surface area (Å²) in [5.74, 6) is 1.81. The summed E-state index contributed by atoms with van der Waals surface area (Å²) >= 11 is 1.69. The van der Waals surface area contributed by atoms with E-state index in [-0.39, 0.29) is 0 Å². The molecule has 0 atom stereocenters. The fourth-order valence-corrected chi connectivity index (χ4v) is 2.14. The fourth-order valence-electron chi connectivity index (χ4n) is 1.36. The van der Waals surface area contributed by atoms with Gasteiger partial charge in [0.2, 0.25) is 0 Å². The van der Waals surface area contributed by atoms with Crippen LogP contribution in [0.2, 0.25) is 0 Å². The third-order valence-corrected chi connectivity index (χ3v) is 3.14. The van der Waals surface area contributed by atoms with Gasteiger partial charge in [0, 0.05) is 24.7 Å². The Morgan fingerprint density at radius 3 is 2.94 bits per heavy atom. The lowest BCUT2D eigenvalue weighted by molar-refractivity contribution is 1.05. The van der Waals surface area contributed by atoms with Crippen molar-refractivity contribution >= 4 is 17.6 Å². The first-order valence-electron chi connectivity index (χ1n) is 5.46. The normalized spacial score (nSPS) is 10.2. The van der Waals surface area contributed by atoms with Gasteiger partial charge in [-0.2, -0.15) is 0 Å². The quantitative estimate of drug-likeness (QED) is 0.649. The molecular formula is C12H14N4S. The molecular weight excluding hydrogens is 232 g/mol. The van der Waals surface area contributed by atoms with Crippen molar-refractivity contribution in [2.45, 2.75) is 17.7 Å². The van der Waals surface area contributed by atoms with Crippen LogP contribution in [-0.2, 0) is 5.75 Å². The molecule has 0 aliphatic heterocycles. The lowest BCUT2D eigenvalue weighted by Gasteiger charge is -2.05. The van der Waals surface area contributed by atoms with Crippen LogP contribution in [0.4, 0.5) is 5.82 Å². The molecule has 0 amide bonds. The monoisotopic (exact) mass is 246 g/mol. The van der Waals surface area contributed by atoms with Crippen LogP contribution < -0.4 is 5.32 Å². The molecule has 0 aromatic carbocycles. The van der Waals surface area contributed by atoms with Crippen LogP contribution in [0.25, 0.3) is 0 Å². The molecule has 0 saturated heterocycles.